The highest BCUT2D eigenvalue weighted by Gasteiger charge is 2.22. The number of unbranched alkanes of at least 4 members (excludes halogenated alkanes) is 1. The van der Waals surface area contributed by atoms with Crippen LogP contribution in [0.15, 0.2) is 28.0 Å². The van der Waals surface area contributed by atoms with Crippen molar-refractivity contribution in [1.29, 1.82) is 0 Å². The van der Waals surface area contributed by atoms with Gasteiger partial charge in [0, 0.05) is 30.9 Å². The van der Waals surface area contributed by atoms with Crippen molar-refractivity contribution >= 4 is 5.96 Å². The number of aryl methyl sites for hydroxylation is 1. The molecule has 0 spiro atoms. The minimum Gasteiger partial charge on any atom is -0.370 e. The van der Waals surface area contributed by atoms with Gasteiger partial charge in [-0.2, -0.15) is 0 Å². The summed E-state index contributed by atoms with van der Waals surface area (Å²) in [6.07, 6.45) is 4.38. The van der Waals surface area contributed by atoms with Crippen molar-refractivity contribution < 1.29 is 0 Å². The Bertz CT molecular complexity index is 595. The molecule has 1 atom stereocenters. The minimum absolute atomic E-state index is 0.0704. The van der Waals surface area contributed by atoms with Crippen LogP contribution in [0.3, 0.4) is 0 Å². The van der Waals surface area contributed by atoms with Gasteiger partial charge in [-0.1, -0.05) is 13.0 Å². The van der Waals surface area contributed by atoms with Crippen LogP contribution >= 0.6 is 0 Å². The molecular weight excluding hydrogens is 302 g/mol. The molecule has 1 fully saturated rings. The molecular formula is C18H31N5O. The summed E-state index contributed by atoms with van der Waals surface area (Å²) in [5, 5.41) is 3.18. The standard InChI is InChI=1S/C18H31N5O/c1-3-22-12-7-9-16(22)14-21-18(19)20-11-4-5-13-23-15(2)8-6-10-17(23)24/h6,8,10,16H,3-5,7,9,11-14H2,1-2H3,(H3,19,20,21). The second-order valence-corrected chi connectivity index (χ2v) is 6.44. The molecule has 0 aliphatic carbocycles. The Balaban J connectivity index is 1.65. The van der Waals surface area contributed by atoms with Crippen molar-refractivity contribution in [2.75, 3.05) is 26.2 Å². The molecule has 24 heavy (non-hydrogen) atoms. The predicted molar refractivity (Wildman–Crippen MR) is 99.4 cm³/mol. The lowest BCUT2D eigenvalue weighted by Gasteiger charge is -2.20. The molecule has 0 amide bonds. The van der Waals surface area contributed by atoms with Crippen LogP contribution in [0.1, 0.15) is 38.3 Å². The van der Waals surface area contributed by atoms with E-state index in [-0.39, 0.29) is 5.56 Å². The molecule has 1 unspecified atom stereocenters. The molecule has 6 nitrogen and oxygen atoms in total. The molecule has 0 saturated carbocycles. The predicted octanol–water partition coefficient (Wildman–Crippen LogP) is 1.33. The van der Waals surface area contributed by atoms with E-state index in [1.807, 2.05) is 17.6 Å². The zero-order valence-corrected chi connectivity index (χ0v) is 15.0. The van der Waals surface area contributed by atoms with Gasteiger partial charge in [-0.15, -0.1) is 0 Å². The van der Waals surface area contributed by atoms with Crippen LogP contribution in [0, 0.1) is 6.92 Å². The van der Waals surface area contributed by atoms with E-state index in [2.05, 4.69) is 22.1 Å². The lowest BCUT2D eigenvalue weighted by atomic mass is 10.2. The third-order valence-electron chi connectivity index (χ3n) is 4.76. The van der Waals surface area contributed by atoms with Gasteiger partial charge in [0.2, 0.25) is 0 Å². The molecule has 1 aromatic heterocycles. The van der Waals surface area contributed by atoms with E-state index >= 15 is 0 Å². The van der Waals surface area contributed by atoms with Crippen LogP contribution in [-0.2, 0) is 6.54 Å². The van der Waals surface area contributed by atoms with Gasteiger partial charge >= 0.3 is 0 Å². The number of likely N-dealkylation sites (tertiary alicyclic amines) is 1. The van der Waals surface area contributed by atoms with Gasteiger partial charge in [0.1, 0.15) is 0 Å². The van der Waals surface area contributed by atoms with Gasteiger partial charge in [0.15, 0.2) is 5.96 Å². The SMILES string of the molecule is CCN1CCCC1CN=C(N)NCCCCn1c(C)cccc1=O. The first kappa shape index (κ1) is 18.5. The molecule has 134 valence electrons. The topological polar surface area (TPSA) is 75.7 Å². The van der Waals surface area contributed by atoms with Crippen LogP contribution in [-0.4, -0.2) is 47.6 Å². The average molecular weight is 333 g/mol. The van der Waals surface area contributed by atoms with Gasteiger partial charge in [0.05, 0.1) is 6.54 Å². The molecule has 1 aliphatic rings. The maximum atomic E-state index is 11.8. The number of likely N-dealkylation sites (N-methyl/N-ethyl adjacent to an activating group) is 1. The number of aliphatic imine (C=N–C) groups is 1. The van der Waals surface area contributed by atoms with Crippen LogP contribution in [0.25, 0.3) is 0 Å². The summed E-state index contributed by atoms with van der Waals surface area (Å²) in [7, 11) is 0. The van der Waals surface area contributed by atoms with Crippen molar-refractivity contribution in [2.24, 2.45) is 10.7 Å². The largest absolute Gasteiger partial charge is 0.370 e. The van der Waals surface area contributed by atoms with Gasteiger partial charge in [-0.05, 0) is 51.8 Å². The smallest absolute Gasteiger partial charge is 0.250 e. The Morgan fingerprint density at radius 1 is 1.42 bits per heavy atom. The molecule has 6 heteroatoms. The third-order valence-corrected chi connectivity index (χ3v) is 4.76. The van der Waals surface area contributed by atoms with Crippen molar-refractivity contribution in [3.8, 4) is 0 Å². The van der Waals surface area contributed by atoms with Crippen molar-refractivity contribution in [1.82, 2.24) is 14.8 Å². The fraction of sp³-hybridized carbons (Fsp3) is 0.667. The first-order chi connectivity index (χ1) is 11.6. The first-order valence-corrected chi connectivity index (χ1v) is 9.06. The van der Waals surface area contributed by atoms with E-state index < -0.39 is 0 Å². The maximum absolute atomic E-state index is 11.8. The summed E-state index contributed by atoms with van der Waals surface area (Å²) in [4.78, 5) is 18.7. The number of rotatable bonds is 8. The Hall–Kier alpha value is -1.82. The lowest BCUT2D eigenvalue weighted by Crippen LogP contribution is -2.36. The number of aromatic nitrogens is 1. The first-order valence-electron chi connectivity index (χ1n) is 9.06. The molecule has 0 radical (unpaired) electrons. The number of hydrogen-bond donors (Lipinski definition) is 2. The van der Waals surface area contributed by atoms with Crippen LogP contribution in [0.5, 0.6) is 0 Å². The van der Waals surface area contributed by atoms with Crippen LogP contribution in [0.4, 0.5) is 0 Å². The van der Waals surface area contributed by atoms with Gasteiger partial charge < -0.3 is 15.6 Å². The van der Waals surface area contributed by atoms with Crippen LogP contribution < -0.4 is 16.6 Å². The van der Waals surface area contributed by atoms with Gasteiger partial charge in [-0.3, -0.25) is 14.7 Å². The molecule has 2 heterocycles. The summed E-state index contributed by atoms with van der Waals surface area (Å²) in [6.45, 7) is 8.76. The summed E-state index contributed by atoms with van der Waals surface area (Å²) in [6, 6.07) is 5.92. The monoisotopic (exact) mass is 333 g/mol. The number of nitrogens with one attached hydrogen (secondary N) is 1. The van der Waals surface area contributed by atoms with E-state index in [9.17, 15) is 4.79 Å². The fourth-order valence-electron chi connectivity index (χ4n) is 3.30. The summed E-state index contributed by atoms with van der Waals surface area (Å²) >= 11 is 0. The van der Waals surface area contributed by atoms with E-state index in [0.29, 0.717) is 12.0 Å². The van der Waals surface area contributed by atoms with E-state index in [1.54, 1.807) is 12.1 Å². The van der Waals surface area contributed by atoms with E-state index in [1.165, 1.54) is 19.4 Å². The number of hydrogen-bond acceptors (Lipinski definition) is 3. The average Bonchev–Trinajstić information content (AvgIpc) is 3.02. The van der Waals surface area contributed by atoms with Crippen molar-refractivity contribution in [2.45, 2.75) is 52.1 Å². The zero-order chi connectivity index (χ0) is 17.4. The molecule has 2 rings (SSSR count). The Morgan fingerprint density at radius 3 is 3.00 bits per heavy atom. The molecule has 0 aromatic carbocycles. The highest BCUT2D eigenvalue weighted by molar-refractivity contribution is 5.77. The summed E-state index contributed by atoms with van der Waals surface area (Å²) < 4.78 is 1.82. The summed E-state index contributed by atoms with van der Waals surface area (Å²) in [5.41, 5.74) is 7.02. The van der Waals surface area contributed by atoms with Gasteiger partial charge in [0.25, 0.3) is 5.56 Å². The molecule has 0 bridgehead atoms. The van der Waals surface area contributed by atoms with Crippen molar-refractivity contribution in [3.05, 3.63) is 34.2 Å². The Labute approximate surface area is 144 Å². The van der Waals surface area contributed by atoms with Crippen molar-refractivity contribution in [3.63, 3.8) is 0 Å². The van der Waals surface area contributed by atoms with E-state index in [0.717, 1.165) is 44.7 Å². The summed E-state index contributed by atoms with van der Waals surface area (Å²) in [5.74, 6) is 0.533. The molecule has 1 saturated heterocycles. The maximum Gasteiger partial charge on any atom is 0.250 e. The second kappa shape index (κ2) is 9.47. The normalized spacial score (nSPS) is 18.9. The van der Waals surface area contributed by atoms with E-state index in [4.69, 9.17) is 5.73 Å². The fourth-order valence-corrected chi connectivity index (χ4v) is 3.30. The zero-order valence-electron chi connectivity index (χ0n) is 15.0. The number of nitrogens with two attached hydrogens (primary N) is 1. The number of pyridine rings is 1. The lowest BCUT2D eigenvalue weighted by molar-refractivity contribution is 0.273. The third kappa shape index (κ3) is 5.37. The molecule has 3 N–H and O–H groups in total. The number of nitrogens with zero attached hydrogens (tertiary/aromatic N) is 3. The minimum atomic E-state index is 0.0704. The molecule has 1 aliphatic heterocycles. The van der Waals surface area contributed by atoms with Crippen LogP contribution in [0.2, 0.25) is 0 Å². The van der Waals surface area contributed by atoms with Gasteiger partial charge in [-0.25, -0.2) is 0 Å². The quantitative estimate of drug-likeness (QED) is 0.427. The number of guanidine groups is 1. The Kier molecular flexibility index (Phi) is 7.31. The second-order valence-electron chi connectivity index (χ2n) is 6.44. The Morgan fingerprint density at radius 2 is 2.25 bits per heavy atom. The highest BCUT2D eigenvalue weighted by atomic mass is 16.1. The molecule has 1 aromatic rings. The highest BCUT2D eigenvalue weighted by Crippen LogP contribution is 2.16.